The average Bonchev–Trinajstić information content (AvgIpc) is 2.39. The molecule has 4 heteroatoms. The topological polar surface area (TPSA) is 62.2 Å². The quantitative estimate of drug-likeness (QED) is 0.884. The molecule has 1 aromatic carbocycles. The molecule has 2 rings (SSSR count). The lowest BCUT2D eigenvalue weighted by Crippen LogP contribution is -2.43. The Morgan fingerprint density at radius 3 is 2.74 bits per heavy atom. The van der Waals surface area contributed by atoms with Crippen molar-refractivity contribution in [2.75, 3.05) is 5.32 Å². The molecule has 1 atom stereocenters. The predicted molar refractivity (Wildman–Crippen MR) is 76.4 cm³/mol. The number of pyridine rings is 1. The van der Waals surface area contributed by atoms with Crippen molar-refractivity contribution in [1.82, 2.24) is 4.98 Å². The minimum absolute atomic E-state index is 0.482. The fourth-order valence-corrected chi connectivity index (χ4v) is 1.90. The molecule has 0 spiro atoms. The first kappa shape index (κ1) is 13.3. The van der Waals surface area contributed by atoms with Crippen LogP contribution in [0.1, 0.15) is 25.8 Å². The van der Waals surface area contributed by atoms with Crippen LogP contribution < -0.4 is 5.32 Å². The number of para-hydroxylation sites is 1. The van der Waals surface area contributed by atoms with E-state index in [0.29, 0.717) is 12.2 Å². The van der Waals surface area contributed by atoms with Gasteiger partial charge in [0, 0.05) is 5.39 Å². The Balaban J connectivity index is 2.45. The van der Waals surface area contributed by atoms with Gasteiger partial charge in [-0.3, -0.25) is 0 Å². The molecule has 19 heavy (non-hydrogen) atoms. The molecule has 0 amide bonds. The SMILES string of the molecule is CCC(C)(Nc1nc2ccccc2cc1C)C(=O)O. The zero-order chi connectivity index (χ0) is 14.0. The Hall–Kier alpha value is -2.10. The van der Waals surface area contributed by atoms with E-state index in [4.69, 9.17) is 0 Å². The maximum atomic E-state index is 11.3. The number of hydrogen-bond donors (Lipinski definition) is 2. The Morgan fingerprint density at radius 2 is 2.11 bits per heavy atom. The van der Waals surface area contributed by atoms with Crippen molar-refractivity contribution in [3.63, 3.8) is 0 Å². The molecule has 0 aliphatic rings. The van der Waals surface area contributed by atoms with E-state index in [0.717, 1.165) is 16.5 Å². The van der Waals surface area contributed by atoms with Gasteiger partial charge in [0.15, 0.2) is 0 Å². The molecule has 0 aliphatic carbocycles. The number of carboxylic acids is 1. The van der Waals surface area contributed by atoms with E-state index in [1.165, 1.54) is 0 Å². The Labute approximate surface area is 112 Å². The number of nitrogens with zero attached hydrogens (tertiary/aromatic N) is 1. The highest BCUT2D eigenvalue weighted by Crippen LogP contribution is 2.24. The number of rotatable bonds is 4. The highest BCUT2D eigenvalue weighted by atomic mass is 16.4. The molecule has 2 aromatic rings. The summed E-state index contributed by atoms with van der Waals surface area (Å²) in [6.45, 7) is 5.45. The molecular formula is C15H18N2O2. The number of carbonyl (C=O) groups is 1. The van der Waals surface area contributed by atoms with Gasteiger partial charge in [-0.05, 0) is 38.0 Å². The lowest BCUT2D eigenvalue weighted by atomic mass is 9.99. The van der Waals surface area contributed by atoms with Gasteiger partial charge in [0.1, 0.15) is 11.4 Å². The van der Waals surface area contributed by atoms with Crippen molar-refractivity contribution in [2.24, 2.45) is 0 Å². The van der Waals surface area contributed by atoms with Gasteiger partial charge in [0.05, 0.1) is 5.52 Å². The van der Waals surface area contributed by atoms with Crippen LogP contribution in [0.15, 0.2) is 30.3 Å². The highest BCUT2D eigenvalue weighted by molar-refractivity contribution is 5.85. The van der Waals surface area contributed by atoms with Crippen LogP contribution in [-0.4, -0.2) is 21.6 Å². The zero-order valence-corrected chi connectivity index (χ0v) is 11.4. The van der Waals surface area contributed by atoms with E-state index in [1.54, 1.807) is 6.92 Å². The Kier molecular flexibility index (Phi) is 3.42. The third-order valence-electron chi connectivity index (χ3n) is 3.49. The van der Waals surface area contributed by atoms with Gasteiger partial charge in [-0.1, -0.05) is 25.1 Å². The van der Waals surface area contributed by atoms with Crippen molar-refractivity contribution in [2.45, 2.75) is 32.7 Å². The van der Waals surface area contributed by atoms with E-state index < -0.39 is 11.5 Å². The predicted octanol–water partition coefficient (Wildman–Crippen LogP) is 3.21. The molecule has 1 aromatic heterocycles. The van der Waals surface area contributed by atoms with E-state index in [-0.39, 0.29) is 0 Å². The first-order valence-electron chi connectivity index (χ1n) is 6.34. The van der Waals surface area contributed by atoms with Crippen molar-refractivity contribution < 1.29 is 9.90 Å². The summed E-state index contributed by atoms with van der Waals surface area (Å²) in [5.41, 5.74) is 0.805. The minimum atomic E-state index is -1.000. The van der Waals surface area contributed by atoms with Crippen molar-refractivity contribution in [1.29, 1.82) is 0 Å². The van der Waals surface area contributed by atoms with Crippen molar-refractivity contribution in [3.05, 3.63) is 35.9 Å². The summed E-state index contributed by atoms with van der Waals surface area (Å²) < 4.78 is 0. The number of aliphatic carboxylic acids is 1. The van der Waals surface area contributed by atoms with E-state index >= 15 is 0 Å². The molecule has 1 unspecified atom stereocenters. The van der Waals surface area contributed by atoms with Gasteiger partial charge in [-0.25, -0.2) is 9.78 Å². The summed E-state index contributed by atoms with van der Waals surface area (Å²) in [6.07, 6.45) is 0.482. The number of aromatic nitrogens is 1. The summed E-state index contributed by atoms with van der Waals surface area (Å²) in [6, 6.07) is 9.82. The Bertz CT molecular complexity index is 625. The lowest BCUT2D eigenvalue weighted by molar-refractivity contribution is -0.141. The largest absolute Gasteiger partial charge is 0.480 e. The smallest absolute Gasteiger partial charge is 0.329 e. The normalized spacial score (nSPS) is 14.1. The summed E-state index contributed by atoms with van der Waals surface area (Å²) in [4.78, 5) is 15.9. The molecule has 0 fully saturated rings. The molecule has 0 bridgehead atoms. The number of benzene rings is 1. The summed E-state index contributed by atoms with van der Waals surface area (Å²) in [5, 5.41) is 13.4. The average molecular weight is 258 g/mol. The van der Waals surface area contributed by atoms with Gasteiger partial charge in [-0.15, -0.1) is 0 Å². The minimum Gasteiger partial charge on any atom is -0.480 e. The number of anilines is 1. The monoisotopic (exact) mass is 258 g/mol. The van der Waals surface area contributed by atoms with Gasteiger partial charge >= 0.3 is 5.97 Å². The molecule has 2 N–H and O–H groups in total. The molecule has 100 valence electrons. The molecule has 1 heterocycles. The fraction of sp³-hybridized carbons (Fsp3) is 0.333. The molecule has 4 nitrogen and oxygen atoms in total. The number of hydrogen-bond acceptors (Lipinski definition) is 3. The van der Waals surface area contributed by atoms with Crippen LogP contribution >= 0.6 is 0 Å². The zero-order valence-electron chi connectivity index (χ0n) is 11.4. The maximum Gasteiger partial charge on any atom is 0.329 e. The first-order valence-corrected chi connectivity index (χ1v) is 6.34. The van der Waals surface area contributed by atoms with E-state index in [1.807, 2.05) is 44.2 Å². The highest BCUT2D eigenvalue weighted by Gasteiger charge is 2.31. The van der Waals surface area contributed by atoms with Crippen LogP contribution in [0.4, 0.5) is 5.82 Å². The number of aryl methyl sites for hydroxylation is 1. The van der Waals surface area contributed by atoms with Gasteiger partial charge in [0.25, 0.3) is 0 Å². The summed E-state index contributed by atoms with van der Waals surface area (Å²) in [5.74, 6) is -0.241. The number of fused-ring (bicyclic) bond motifs is 1. The summed E-state index contributed by atoms with van der Waals surface area (Å²) in [7, 11) is 0. The van der Waals surface area contributed by atoms with Gasteiger partial charge in [0.2, 0.25) is 0 Å². The maximum absolute atomic E-state index is 11.3. The van der Waals surface area contributed by atoms with Crippen molar-refractivity contribution in [3.8, 4) is 0 Å². The molecule has 0 saturated carbocycles. The standard InChI is InChI=1S/C15H18N2O2/c1-4-15(3,14(18)19)17-13-10(2)9-11-7-5-6-8-12(11)16-13/h5-9H,4H2,1-3H3,(H,16,17)(H,18,19). The lowest BCUT2D eigenvalue weighted by Gasteiger charge is -2.26. The number of nitrogens with one attached hydrogen (secondary N) is 1. The van der Waals surface area contributed by atoms with Crippen LogP contribution in [-0.2, 0) is 4.79 Å². The van der Waals surface area contributed by atoms with Crippen LogP contribution in [0.5, 0.6) is 0 Å². The number of carboxylic acid groups (broad SMARTS) is 1. The van der Waals surface area contributed by atoms with Crippen molar-refractivity contribution >= 4 is 22.7 Å². The van der Waals surface area contributed by atoms with E-state index in [9.17, 15) is 9.90 Å². The molecule has 0 radical (unpaired) electrons. The van der Waals surface area contributed by atoms with Crippen LogP contribution in [0, 0.1) is 6.92 Å². The van der Waals surface area contributed by atoms with Crippen LogP contribution in [0.25, 0.3) is 10.9 Å². The van der Waals surface area contributed by atoms with Crippen LogP contribution in [0.2, 0.25) is 0 Å². The first-order chi connectivity index (χ1) is 8.96. The second-order valence-corrected chi connectivity index (χ2v) is 4.96. The molecule has 0 aliphatic heterocycles. The third kappa shape index (κ3) is 2.52. The summed E-state index contributed by atoms with van der Waals surface area (Å²) >= 11 is 0. The van der Waals surface area contributed by atoms with Gasteiger partial charge < -0.3 is 10.4 Å². The second-order valence-electron chi connectivity index (χ2n) is 4.96. The second kappa shape index (κ2) is 4.88. The van der Waals surface area contributed by atoms with Crippen LogP contribution in [0.3, 0.4) is 0 Å². The molecular weight excluding hydrogens is 240 g/mol. The van der Waals surface area contributed by atoms with Gasteiger partial charge in [-0.2, -0.15) is 0 Å². The van der Waals surface area contributed by atoms with E-state index in [2.05, 4.69) is 10.3 Å². The Morgan fingerprint density at radius 1 is 1.42 bits per heavy atom. The molecule has 0 saturated heterocycles. The fourth-order valence-electron chi connectivity index (χ4n) is 1.90. The third-order valence-corrected chi connectivity index (χ3v) is 3.49.